The number of benzene rings is 1. The van der Waals surface area contributed by atoms with Crippen LogP contribution in [-0.4, -0.2) is 28.7 Å². The fourth-order valence-corrected chi connectivity index (χ4v) is 2.38. The molecule has 1 fully saturated rings. The van der Waals surface area contributed by atoms with Crippen LogP contribution in [0.3, 0.4) is 0 Å². The Hall–Kier alpha value is -1.88. The molecule has 1 aliphatic heterocycles. The first-order valence-corrected chi connectivity index (χ1v) is 5.86. The lowest BCUT2D eigenvalue weighted by molar-refractivity contribution is -0.141. The SMILES string of the molecule is Cc1nc2cc(C3(C(N)=O)COC3)ccc2n1C. The van der Waals surface area contributed by atoms with Crippen LogP contribution in [0, 0.1) is 6.92 Å². The monoisotopic (exact) mass is 245 g/mol. The van der Waals surface area contributed by atoms with Crippen molar-refractivity contribution in [1.82, 2.24) is 9.55 Å². The van der Waals surface area contributed by atoms with Crippen LogP contribution in [0.15, 0.2) is 18.2 Å². The quantitative estimate of drug-likeness (QED) is 0.843. The predicted octanol–water partition coefficient (Wildman–Crippen LogP) is 0.635. The van der Waals surface area contributed by atoms with Crippen LogP contribution in [0.5, 0.6) is 0 Å². The van der Waals surface area contributed by atoms with Crippen LogP contribution in [-0.2, 0) is 22.0 Å². The molecule has 1 saturated heterocycles. The van der Waals surface area contributed by atoms with E-state index in [1.807, 2.05) is 36.7 Å². The fraction of sp³-hybridized carbons (Fsp3) is 0.385. The summed E-state index contributed by atoms with van der Waals surface area (Å²) in [6, 6.07) is 5.86. The Bertz CT molecular complexity index is 641. The molecular weight excluding hydrogens is 230 g/mol. The highest BCUT2D eigenvalue weighted by Gasteiger charge is 2.46. The van der Waals surface area contributed by atoms with Gasteiger partial charge in [-0.3, -0.25) is 4.79 Å². The maximum absolute atomic E-state index is 11.6. The lowest BCUT2D eigenvalue weighted by atomic mass is 9.78. The van der Waals surface area contributed by atoms with E-state index < -0.39 is 5.41 Å². The lowest BCUT2D eigenvalue weighted by Crippen LogP contribution is -2.56. The van der Waals surface area contributed by atoms with Crippen molar-refractivity contribution in [3.63, 3.8) is 0 Å². The number of rotatable bonds is 2. The number of nitrogens with zero attached hydrogens (tertiary/aromatic N) is 2. The summed E-state index contributed by atoms with van der Waals surface area (Å²) in [5, 5.41) is 0. The van der Waals surface area contributed by atoms with Crippen LogP contribution in [0.2, 0.25) is 0 Å². The van der Waals surface area contributed by atoms with E-state index in [9.17, 15) is 4.79 Å². The summed E-state index contributed by atoms with van der Waals surface area (Å²) in [6.45, 7) is 2.68. The molecule has 0 radical (unpaired) electrons. The summed E-state index contributed by atoms with van der Waals surface area (Å²) < 4.78 is 7.19. The molecule has 0 spiro atoms. The average molecular weight is 245 g/mol. The third-order valence-electron chi connectivity index (χ3n) is 3.83. The summed E-state index contributed by atoms with van der Waals surface area (Å²) in [6.07, 6.45) is 0. The van der Waals surface area contributed by atoms with Crippen LogP contribution >= 0.6 is 0 Å². The molecule has 3 rings (SSSR count). The number of fused-ring (bicyclic) bond motifs is 1. The zero-order valence-corrected chi connectivity index (χ0v) is 10.4. The topological polar surface area (TPSA) is 70.1 Å². The summed E-state index contributed by atoms with van der Waals surface area (Å²) in [5.74, 6) is 0.612. The number of hydrogen-bond donors (Lipinski definition) is 1. The van der Waals surface area contributed by atoms with Crippen molar-refractivity contribution >= 4 is 16.9 Å². The lowest BCUT2D eigenvalue weighted by Gasteiger charge is -2.38. The molecule has 0 unspecified atom stereocenters. The zero-order valence-electron chi connectivity index (χ0n) is 10.4. The Kier molecular flexibility index (Phi) is 2.22. The van der Waals surface area contributed by atoms with Gasteiger partial charge in [0.25, 0.3) is 0 Å². The molecule has 0 atom stereocenters. The average Bonchev–Trinajstić information content (AvgIpc) is 2.52. The van der Waals surface area contributed by atoms with Gasteiger partial charge >= 0.3 is 0 Å². The molecule has 2 heterocycles. The van der Waals surface area contributed by atoms with Crippen molar-refractivity contribution in [3.05, 3.63) is 29.6 Å². The highest BCUT2D eigenvalue weighted by atomic mass is 16.5. The van der Waals surface area contributed by atoms with E-state index in [-0.39, 0.29) is 5.91 Å². The second-order valence-electron chi connectivity index (χ2n) is 4.86. The van der Waals surface area contributed by atoms with Crippen molar-refractivity contribution in [2.75, 3.05) is 13.2 Å². The zero-order chi connectivity index (χ0) is 12.9. The van der Waals surface area contributed by atoms with E-state index in [1.165, 1.54) is 0 Å². The van der Waals surface area contributed by atoms with E-state index >= 15 is 0 Å². The number of aromatic nitrogens is 2. The van der Waals surface area contributed by atoms with E-state index in [1.54, 1.807) is 0 Å². The number of ether oxygens (including phenoxy) is 1. The van der Waals surface area contributed by atoms with Gasteiger partial charge in [-0.25, -0.2) is 4.98 Å². The van der Waals surface area contributed by atoms with Gasteiger partial charge in [-0.2, -0.15) is 0 Å². The molecule has 0 saturated carbocycles. The molecule has 18 heavy (non-hydrogen) atoms. The Morgan fingerprint density at radius 2 is 2.22 bits per heavy atom. The number of nitrogens with two attached hydrogens (primary N) is 1. The van der Waals surface area contributed by atoms with E-state index in [2.05, 4.69) is 4.98 Å². The second kappa shape index (κ2) is 3.55. The number of carbonyl (C=O) groups excluding carboxylic acids is 1. The van der Waals surface area contributed by atoms with E-state index in [0.29, 0.717) is 13.2 Å². The molecule has 2 N–H and O–H groups in total. The number of primary amides is 1. The molecule has 1 aromatic carbocycles. The molecule has 2 aromatic rings. The van der Waals surface area contributed by atoms with Crippen molar-refractivity contribution in [1.29, 1.82) is 0 Å². The van der Waals surface area contributed by atoms with E-state index in [0.717, 1.165) is 22.4 Å². The highest BCUT2D eigenvalue weighted by Crippen LogP contribution is 2.33. The van der Waals surface area contributed by atoms with Gasteiger partial charge in [0.05, 0.1) is 24.2 Å². The third kappa shape index (κ3) is 1.31. The number of aryl methyl sites for hydroxylation is 2. The molecular formula is C13H15N3O2. The standard InChI is InChI=1S/C13H15N3O2/c1-8-15-10-5-9(3-4-11(10)16(8)2)13(12(14)17)6-18-7-13/h3-5H,6-7H2,1-2H3,(H2,14,17). The molecule has 0 aliphatic carbocycles. The van der Waals surface area contributed by atoms with Gasteiger partial charge in [-0.15, -0.1) is 0 Å². The normalized spacial score (nSPS) is 17.7. The highest BCUT2D eigenvalue weighted by molar-refractivity contribution is 5.89. The van der Waals surface area contributed by atoms with Crippen LogP contribution in [0.4, 0.5) is 0 Å². The van der Waals surface area contributed by atoms with Gasteiger partial charge in [0, 0.05) is 7.05 Å². The molecule has 1 amide bonds. The number of imidazole rings is 1. The minimum Gasteiger partial charge on any atom is -0.378 e. The van der Waals surface area contributed by atoms with Crippen molar-refractivity contribution < 1.29 is 9.53 Å². The molecule has 5 nitrogen and oxygen atoms in total. The van der Waals surface area contributed by atoms with Crippen LogP contribution in [0.25, 0.3) is 11.0 Å². The van der Waals surface area contributed by atoms with Crippen molar-refractivity contribution in [3.8, 4) is 0 Å². The largest absolute Gasteiger partial charge is 0.378 e. The molecule has 1 aliphatic rings. The third-order valence-corrected chi connectivity index (χ3v) is 3.83. The Morgan fingerprint density at radius 1 is 1.50 bits per heavy atom. The maximum Gasteiger partial charge on any atom is 0.232 e. The summed E-state index contributed by atoms with van der Waals surface area (Å²) in [7, 11) is 1.97. The first-order chi connectivity index (χ1) is 8.54. The summed E-state index contributed by atoms with van der Waals surface area (Å²) in [4.78, 5) is 16.1. The van der Waals surface area contributed by atoms with E-state index in [4.69, 9.17) is 10.5 Å². The van der Waals surface area contributed by atoms with Gasteiger partial charge in [0.1, 0.15) is 11.2 Å². The molecule has 5 heteroatoms. The summed E-state index contributed by atoms with van der Waals surface area (Å²) >= 11 is 0. The smallest absolute Gasteiger partial charge is 0.232 e. The molecule has 0 bridgehead atoms. The van der Waals surface area contributed by atoms with Crippen molar-refractivity contribution in [2.45, 2.75) is 12.3 Å². The van der Waals surface area contributed by atoms with Crippen molar-refractivity contribution in [2.24, 2.45) is 12.8 Å². The first-order valence-electron chi connectivity index (χ1n) is 5.86. The minimum atomic E-state index is -0.667. The first kappa shape index (κ1) is 11.2. The Balaban J connectivity index is 2.16. The predicted molar refractivity (Wildman–Crippen MR) is 67.1 cm³/mol. The van der Waals surface area contributed by atoms with Gasteiger partial charge < -0.3 is 15.0 Å². The Labute approximate surface area is 105 Å². The van der Waals surface area contributed by atoms with Gasteiger partial charge in [-0.1, -0.05) is 6.07 Å². The van der Waals surface area contributed by atoms with Gasteiger partial charge in [-0.05, 0) is 24.6 Å². The number of carbonyl (C=O) groups is 1. The second-order valence-corrected chi connectivity index (χ2v) is 4.86. The van der Waals surface area contributed by atoms with Gasteiger partial charge in [0.15, 0.2) is 0 Å². The number of hydrogen-bond acceptors (Lipinski definition) is 3. The minimum absolute atomic E-state index is 0.333. The molecule has 1 aromatic heterocycles. The Morgan fingerprint density at radius 3 is 2.78 bits per heavy atom. The van der Waals surface area contributed by atoms with Crippen LogP contribution in [0.1, 0.15) is 11.4 Å². The fourth-order valence-electron chi connectivity index (χ4n) is 2.38. The summed E-state index contributed by atoms with van der Waals surface area (Å²) in [5.41, 5.74) is 7.67. The number of amides is 1. The maximum atomic E-state index is 11.6. The van der Waals surface area contributed by atoms with Gasteiger partial charge in [0.2, 0.25) is 5.91 Å². The van der Waals surface area contributed by atoms with Crippen LogP contribution < -0.4 is 5.73 Å². The molecule has 94 valence electrons.